The van der Waals surface area contributed by atoms with Crippen LogP contribution in [0.4, 0.5) is 0 Å². The molecule has 1 aromatic rings. The maximum absolute atomic E-state index is 12.6. The molecule has 0 saturated carbocycles. The lowest BCUT2D eigenvalue weighted by Gasteiger charge is -2.29. The minimum absolute atomic E-state index is 0.0374. The lowest BCUT2D eigenvalue weighted by Crippen LogP contribution is -2.40. The molecule has 110 valence electrons. The fourth-order valence-electron chi connectivity index (χ4n) is 2.20. The lowest BCUT2D eigenvalue weighted by atomic mass is 9.99. The Morgan fingerprint density at radius 3 is 2.45 bits per heavy atom. The monoisotopic (exact) mass is 381 g/mol. The highest BCUT2D eigenvalue weighted by Crippen LogP contribution is 2.33. The van der Waals surface area contributed by atoms with Gasteiger partial charge in [0.2, 0.25) is 10.0 Å². The van der Waals surface area contributed by atoms with Crippen LogP contribution < -0.4 is 0 Å². The van der Waals surface area contributed by atoms with Gasteiger partial charge in [0, 0.05) is 17.6 Å². The minimum Gasteiger partial charge on any atom is -0.481 e. The number of rotatable bonds is 3. The van der Waals surface area contributed by atoms with Crippen molar-refractivity contribution >= 4 is 43.5 Å². The Labute approximate surface area is 130 Å². The van der Waals surface area contributed by atoms with Crippen LogP contribution in [0.2, 0.25) is 5.02 Å². The van der Waals surface area contributed by atoms with Gasteiger partial charge in [-0.3, -0.25) is 4.79 Å². The summed E-state index contributed by atoms with van der Waals surface area (Å²) in [6.07, 6.45) is 0.632. The van der Waals surface area contributed by atoms with Gasteiger partial charge in [-0.05, 0) is 40.9 Å². The van der Waals surface area contributed by atoms with Crippen LogP contribution in [0.3, 0.4) is 0 Å². The molecule has 0 spiro atoms. The second-order valence-corrected chi connectivity index (χ2v) is 7.70. The largest absolute Gasteiger partial charge is 0.481 e. The average molecular weight is 383 g/mol. The second-order valence-electron chi connectivity index (χ2n) is 4.57. The predicted octanol–water partition coefficient (Wildman–Crippen LogP) is 2.59. The molecule has 0 aromatic heterocycles. The third-order valence-electron chi connectivity index (χ3n) is 3.32. The number of carboxylic acid groups (broad SMARTS) is 1. The van der Waals surface area contributed by atoms with Gasteiger partial charge in [-0.1, -0.05) is 17.7 Å². The summed E-state index contributed by atoms with van der Waals surface area (Å²) in [6, 6.07) is 4.79. The molecule has 0 atom stereocenters. The summed E-state index contributed by atoms with van der Waals surface area (Å²) in [7, 11) is -3.71. The first-order valence-electron chi connectivity index (χ1n) is 6.01. The zero-order valence-electron chi connectivity index (χ0n) is 10.4. The number of nitrogens with zero attached hydrogens (tertiary/aromatic N) is 1. The number of halogens is 2. The third-order valence-corrected chi connectivity index (χ3v) is 6.67. The quantitative estimate of drug-likeness (QED) is 0.872. The Kier molecular flexibility index (Phi) is 4.73. The van der Waals surface area contributed by atoms with Crippen LogP contribution in [-0.4, -0.2) is 36.9 Å². The normalized spacial score (nSPS) is 18.1. The zero-order valence-corrected chi connectivity index (χ0v) is 13.6. The minimum atomic E-state index is -3.71. The van der Waals surface area contributed by atoms with Gasteiger partial charge in [0.25, 0.3) is 0 Å². The van der Waals surface area contributed by atoms with Crippen molar-refractivity contribution < 1.29 is 18.3 Å². The molecule has 1 fully saturated rings. The molecule has 8 heteroatoms. The van der Waals surface area contributed by atoms with Crippen molar-refractivity contribution in [3.63, 3.8) is 0 Å². The molecule has 1 aliphatic rings. The molecule has 2 rings (SSSR count). The van der Waals surface area contributed by atoms with Gasteiger partial charge < -0.3 is 5.11 Å². The van der Waals surface area contributed by atoms with Crippen molar-refractivity contribution in [3.8, 4) is 0 Å². The second kappa shape index (κ2) is 6.01. The van der Waals surface area contributed by atoms with E-state index in [1.54, 1.807) is 12.1 Å². The molecule has 0 aliphatic carbocycles. The first kappa shape index (κ1) is 15.8. The molecule has 0 unspecified atom stereocenters. The van der Waals surface area contributed by atoms with E-state index in [0.29, 0.717) is 17.3 Å². The highest BCUT2D eigenvalue weighted by molar-refractivity contribution is 9.10. The van der Waals surface area contributed by atoms with Crippen LogP contribution >= 0.6 is 27.5 Å². The SMILES string of the molecule is O=C(O)C1CCN(S(=O)(=O)c2c(Cl)cccc2Br)CC1. The van der Waals surface area contributed by atoms with Crippen LogP contribution in [0, 0.1) is 5.92 Å². The Morgan fingerprint density at radius 1 is 1.35 bits per heavy atom. The molecular formula is C12H13BrClNO4S. The van der Waals surface area contributed by atoms with E-state index in [2.05, 4.69) is 15.9 Å². The first-order valence-corrected chi connectivity index (χ1v) is 8.62. The Morgan fingerprint density at radius 2 is 1.95 bits per heavy atom. The molecule has 1 heterocycles. The number of carboxylic acids is 1. The van der Waals surface area contributed by atoms with Gasteiger partial charge in [-0.15, -0.1) is 0 Å². The van der Waals surface area contributed by atoms with Crippen molar-refractivity contribution in [3.05, 3.63) is 27.7 Å². The van der Waals surface area contributed by atoms with Crippen molar-refractivity contribution in [2.45, 2.75) is 17.7 Å². The molecule has 5 nitrogen and oxygen atoms in total. The maximum atomic E-state index is 12.6. The molecule has 1 aliphatic heterocycles. The van der Waals surface area contributed by atoms with Crippen LogP contribution in [-0.2, 0) is 14.8 Å². The van der Waals surface area contributed by atoms with E-state index in [1.807, 2.05) is 0 Å². The summed E-state index contributed by atoms with van der Waals surface area (Å²) in [4.78, 5) is 10.9. The van der Waals surface area contributed by atoms with Crippen molar-refractivity contribution in [1.29, 1.82) is 0 Å². The topological polar surface area (TPSA) is 74.7 Å². The molecule has 1 saturated heterocycles. The molecule has 0 amide bonds. The smallest absolute Gasteiger partial charge is 0.306 e. The van der Waals surface area contributed by atoms with Gasteiger partial charge >= 0.3 is 5.97 Å². The number of sulfonamides is 1. The van der Waals surface area contributed by atoms with E-state index >= 15 is 0 Å². The summed E-state index contributed by atoms with van der Waals surface area (Å²) in [5.41, 5.74) is 0. The number of piperidine rings is 1. The number of aliphatic carboxylic acids is 1. The summed E-state index contributed by atoms with van der Waals surface area (Å²) in [6.45, 7) is 0.383. The summed E-state index contributed by atoms with van der Waals surface area (Å²) in [5.74, 6) is -1.35. The third kappa shape index (κ3) is 3.00. The van der Waals surface area contributed by atoms with E-state index in [-0.39, 0.29) is 23.0 Å². The van der Waals surface area contributed by atoms with Gasteiger partial charge in [-0.25, -0.2) is 8.42 Å². The van der Waals surface area contributed by atoms with E-state index in [0.717, 1.165) is 0 Å². The summed E-state index contributed by atoms with van der Waals surface area (Å²) >= 11 is 9.18. The van der Waals surface area contributed by atoms with E-state index in [1.165, 1.54) is 10.4 Å². The first-order chi connectivity index (χ1) is 9.34. The Balaban J connectivity index is 2.27. The van der Waals surface area contributed by atoms with E-state index in [9.17, 15) is 13.2 Å². The van der Waals surface area contributed by atoms with Gasteiger partial charge in [0.1, 0.15) is 4.90 Å². The molecule has 1 N–H and O–H groups in total. The molecule has 0 bridgehead atoms. The molecule has 20 heavy (non-hydrogen) atoms. The van der Waals surface area contributed by atoms with Crippen LogP contribution in [0.1, 0.15) is 12.8 Å². The van der Waals surface area contributed by atoms with Crippen molar-refractivity contribution in [2.24, 2.45) is 5.92 Å². The maximum Gasteiger partial charge on any atom is 0.306 e. The standard InChI is InChI=1S/C12H13BrClNO4S/c13-9-2-1-3-10(14)11(9)20(18,19)15-6-4-8(5-7-15)12(16)17/h1-3,8H,4-7H2,(H,16,17). The van der Waals surface area contributed by atoms with Crippen LogP contribution in [0.5, 0.6) is 0 Å². The fourth-order valence-corrected chi connectivity index (χ4v) is 5.34. The Bertz CT molecular complexity index is 606. The van der Waals surface area contributed by atoms with Gasteiger partial charge in [0.15, 0.2) is 0 Å². The van der Waals surface area contributed by atoms with Crippen molar-refractivity contribution in [1.82, 2.24) is 4.31 Å². The van der Waals surface area contributed by atoms with Gasteiger partial charge in [0.05, 0.1) is 10.9 Å². The molecular weight excluding hydrogens is 370 g/mol. The van der Waals surface area contributed by atoms with Crippen LogP contribution in [0.25, 0.3) is 0 Å². The highest BCUT2D eigenvalue weighted by Gasteiger charge is 2.34. The lowest BCUT2D eigenvalue weighted by molar-refractivity contribution is -0.142. The van der Waals surface area contributed by atoms with Gasteiger partial charge in [-0.2, -0.15) is 4.31 Å². The average Bonchev–Trinajstić information content (AvgIpc) is 2.38. The summed E-state index contributed by atoms with van der Waals surface area (Å²) in [5, 5.41) is 9.09. The molecule has 0 radical (unpaired) electrons. The number of hydrogen-bond acceptors (Lipinski definition) is 3. The van der Waals surface area contributed by atoms with E-state index < -0.39 is 21.9 Å². The van der Waals surface area contributed by atoms with Crippen LogP contribution in [0.15, 0.2) is 27.6 Å². The zero-order chi connectivity index (χ0) is 14.9. The number of carbonyl (C=O) groups is 1. The summed E-state index contributed by atoms with van der Waals surface area (Å²) < 4.78 is 26.8. The van der Waals surface area contributed by atoms with Crippen molar-refractivity contribution in [2.75, 3.05) is 13.1 Å². The predicted molar refractivity (Wildman–Crippen MR) is 78.3 cm³/mol. The van der Waals surface area contributed by atoms with E-state index in [4.69, 9.17) is 16.7 Å². The molecule has 1 aromatic carbocycles. The number of hydrogen-bond donors (Lipinski definition) is 1. The fraction of sp³-hybridized carbons (Fsp3) is 0.417. The Hall–Kier alpha value is -0.630. The number of benzene rings is 1. The highest BCUT2D eigenvalue weighted by atomic mass is 79.9.